The smallest absolute Gasteiger partial charge is 0.347 e. The van der Waals surface area contributed by atoms with Crippen molar-refractivity contribution < 1.29 is 49.6 Å². The minimum absolute atomic E-state index is 0.303. The molecule has 0 unspecified atom stereocenters. The Labute approximate surface area is 199 Å². The Hall–Kier alpha value is -2.26. The van der Waals surface area contributed by atoms with E-state index in [2.05, 4.69) is 4.74 Å². The van der Waals surface area contributed by atoms with E-state index in [4.69, 9.17) is 4.74 Å². The lowest BCUT2D eigenvalue weighted by Gasteiger charge is -2.20. The molecule has 0 bridgehead atoms. The maximum atomic E-state index is 14.2. The van der Waals surface area contributed by atoms with Gasteiger partial charge >= 0.3 is 11.9 Å². The van der Waals surface area contributed by atoms with Crippen LogP contribution in [0.5, 0.6) is 11.5 Å². The third kappa shape index (κ3) is 5.46. The molecule has 2 aromatic rings. The predicted octanol–water partition coefficient (Wildman–Crippen LogP) is 4.46. The number of esters is 2. The first-order chi connectivity index (χ1) is 15.4. The van der Waals surface area contributed by atoms with E-state index in [0.717, 1.165) is 25.3 Å². The molecule has 0 spiro atoms. The SMILES string of the molecule is O=C(Oc1c(F)c(F)c(S(=O)(=O)[O-])c(F)c1F)c1ccc(I)cc1OC(=O)C1CCCCC1. The molecule has 1 aliphatic carbocycles. The maximum absolute atomic E-state index is 14.2. The average molecular weight is 601 g/mol. The summed E-state index contributed by atoms with van der Waals surface area (Å²) in [6.07, 6.45) is 3.80. The molecule has 1 aliphatic rings. The Balaban J connectivity index is 1.95. The van der Waals surface area contributed by atoms with Gasteiger partial charge in [-0.25, -0.2) is 22.0 Å². The molecule has 0 amide bonds. The Bertz CT molecular complexity index is 1200. The van der Waals surface area contributed by atoms with Crippen LogP contribution in [0.15, 0.2) is 23.1 Å². The van der Waals surface area contributed by atoms with Crippen molar-refractivity contribution in [2.24, 2.45) is 5.92 Å². The van der Waals surface area contributed by atoms with E-state index in [1.54, 1.807) is 0 Å². The molecule has 33 heavy (non-hydrogen) atoms. The molecule has 2 aromatic carbocycles. The summed E-state index contributed by atoms with van der Waals surface area (Å²) in [5.74, 6) is -14.7. The Morgan fingerprint density at radius 2 is 1.52 bits per heavy atom. The van der Waals surface area contributed by atoms with Crippen molar-refractivity contribution in [1.29, 1.82) is 0 Å². The Kier molecular flexibility index (Phi) is 7.63. The topological polar surface area (TPSA) is 110 Å². The highest BCUT2D eigenvalue weighted by atomic mass is 127. The van der Waals surface area contributed by atoms with Crippen LogP contribution in [-0.2, 0) is 14.9 Å². The molecule has 0 N–H and O–H groups in total. The van der Waals surface area contributed by atoms with Crippen molar-refractivity contribution in [3.8, 4) is 11.5 Å². The molecule has 0 heterocycles. The molecule has 1 fully saturated rings. The van der Waals surface area contributed by atoms with Gasteiger partial charge in [-0.05, 0) is 53.6 Å². The summed E-state index contributed by atoms with van der Waals surface area (Å²) in [7, 11) is -5.92. The lowest BCUT2D eigenvalue weighted by Crippen LogP contribution is -2.24. The van der Waals surface area contributed by atoms with Crippen LogP contribution >= 0.6 is 22.6 Å². The van der Waals surface area contributed by atoms with Crippen LogP contribution in [0.3, 0.4) is 0 Å². The van der Waals surface area contributed by atoms with Crippen molar-refractivity contribution in [3.63, 3.8) is 0 Å². The number of hydrogen-bond acceptors (Lipinski definition) is 7. The summed E-state index contributed by atoms with van der Waals surface area (Å²) >= 11 is 1.85. The Morgan fingerprint density at radius 1 is 0.939 bits per heavy atom. The largest absolute Gasteiger partial charge is 0.744 e. The quantitative estimate of drug-likeness (QED) is 0.124. The highest BCUT2D eigenvalue weighted by Gasteiger charge is 2.32. The van der Waals surface area contributed by atoms with Gasteiger partial charge in [0.05, 0.1) is 5.92 Å². The minimum Gasteiger partial charge on any atom is -0.744 e. The van der Waals surface area contributed by atoms with Gasteiger partial charge < -0.3 is 14.0 Å². The van der Waals surface area contributed by atoms with E-state index in [9.17, 15) is 40.1 Å². The monoisotopic (exact) mass is 601 g/mol. The molecule has 0 saturated heterocycles. The van der Waals surface area contributed by atoms with E-state index >= 15 is 0 Å². The number of halogens is 5. The first-order valence-corrected chi connectivity index (χ1v) is 12.0. The highest BCUT2D eigenvalue weighted by molar-refractivity contribution is 14.1. The number of carbonyl (C=O) groups is 2. The number of benzene rings is 2. The molecule has 0 aromatic heterocycles. The summed E-state index contributed by atoms with van der Waals surface area (Å²) in [6.45, 7) is 0. The lowest BCUT2D eigenvalue weighted by atomic mass is 9.89. The first-order valence-electron chi connectivity index (χ1n) is 9.47. The molecular weight excluding hydrogens is 587 g/mol. The van der Waals surface area contributed by atoms with Crippen molar-refractivity contribution in [2.75, 3.05) is 0 Å². The molecule has 7 nitrogen and oxygen atoms in total. The molecule has 0 atom stereocenters. The van der Waals surface area contributed by atoms with Gasteiger partial charge in [-0.3, -0.25) is 4.79 Å². The van der Waals surface area contributed by atoms with Crippen molar-refractivity contribution in [3.05, 3.63) is 50.6 Å². The molecule has 3 rings (SSSR count). The summed E-state index contributed by atoms with van der Waals surface area (Å²) in [5.41, 5.74) is -0.486. The zero-order valence-electron chi connectivity index (χ0n) is 16.5. The van der Waals surface area contributed by atoms with Crippen molar-refractivity contribution in [2.45, 2.75) is 37.0 Å². The Morgan fingerprint density at radius 3 is 2.06 bits per heavy atom. The van der Waals surface area contributed by atoms with Gasteiger partial charge in [-0.15, -0.1) is 0 Å². The van der Waals surface area contributed by atoms with Gasteiger partial charge in [0.2, 0.25) is 17.4 Å². The van der Waals surface area contributed by atoms with E-state index in [1.807, 2.05) is 22.6 Å². The first kappa shape index (κ1) is 25.4. The second kappa shape index (κ2) is 9.93. The molecule has 1 saturated carbocycles. The number of carbonyl (C=O) groups excluding carboxylic acids is 2. The van der Waals surface area contributed by atoms with Crippen LogP contribution in [0.2, 0.25) is 0 Å². The summed E-state index contributed by atoms with van der Waals surface area (Å²) < 4.78 is 99.2. The van der Waals surface area contributed by atoms with Gasteiger partial charge in [-0.1, -0.05) is 19.3 Å². The van der Waals surface area contributed by atoms with Crippen LogP contribution < -0.4 is 9.47 Å². The van der Waals surface area contributed by atoms with E-state index in [-0.39, 0.29) is 5.75 Å². The molecule has 178 valence electrons. The van der Waals surface area contributed by atoms with Crippen LogP contribution in [0.1, 0.15) is 42.5 Å². The molecular formula is C20H14F4IO7S-. The molecule has 0 aliphatic heterocycles. The molecule has 13 heteroatoms. The third-order valence-corrected chi connectivity index (χ3v) is 6.47. The summed E-state index contributed by atoms with van der Waals surface area (Å²) in [4.78, 5) is 22.6. The van der Waals surface area contributed by atoms with E-state index < -0.39 is 67.5 Å². The van der Waals surface area contributed by atoms with Crippen LogP contribution in [-0.4, -0.2) is 24.9 Å². The van der Waals surface area contributed by atoms with Crippen LogP contribution in [0.4, 0.5) is 17.6 Å². The average Bonchev–Trinajstić information content (AvgIpc) is 2.75. The lowest BCUT2D eigenvalue weighted by molar-refractivity contribution is -0.140. The van der Waals surface area contributed by atoms with Crippen molar-refractivity contribution in [1.82, 2.24) is 0 Å². The predicted molar refractivity (Wildman–Crippen MR) is 111 cm³/mol. The van der Waals surface area contributed by atoms with Crippen LogP contribution in [0.25, 0.3) is 0 Å². The second-order valence-corrected chi connectivity index (χ2v) is 9.72. The highest BCUT2D eigenvalue weighted by Crippen LogP contribution is 2.34. The van der Waals surface area contributed by atoms with Crippen LogP contribution in [0, 0.1) is 32.8 Å². The second-order valence-electron chi connectivity index (χ2n) is 7.15. The standard InChI is InChI=1S/C20H15F4IO7S/c21-13-15(23)18(33(28,29)30)16(24)14(22)17(13)32-20(27)11-7-6-10(25)8-12(11)31-19(26)9-4-2-1-3-5-9/h6-9H,1-5H2,(H,28,29,30)/p-1. The summed E-state index contributed by atoms with van der Waals surface area (Å²) in [6, 6.07) is 3.75. The van der Waals surface area contributed by atoms with E-state index in [0.29, 0.717) is 16.4 Å². The number of hydrogen-bond donors (Lipinski definition) is 0. The zero-order valence-corrected chi connectivity index (χ0v) is 19.5. The zero-order chi connectivity index (χ0) is 24.5. The van der Waals surface area contributed by atoms with E-state index in [1.165, 1.54) is 12.1 Å². The summed E-state index contributed by atoms with van der Waals surface area (Å²) in [5, 5.41) is 0. The maximum Gasteiger partial charge on any atom is 0.347 e. The van der Waals surface area contributed by atoms with Gasteiger partial charge in [-0.2, -0.15) is 8.78 Å². The fourth-order valence-corrected chi connectivity index (χ4v) is 4.41. The fourth-order valence-electron chi connectivity index (χ4n) is 3.33. The van der Waals surface area contributed by atoms with Gasteiger partial charge in [0, 0.05) is 3.57 Å². The van der Waals surface area contributed by atoms with Crippen molar-refractivity contribution >= 4 is 44.6 Å². The van der Waals surface area contributed by atoms with Gasteiger partial charge in [0.25, 0.3) is 0 Å². The normalized spacial score (nSPS) is 14.7. The minimum atomic E-state index is -5.92. The molecule has 0 radical (unpaired) electrons. The number of rotatable bonds is 5. The fraction of sp³-hybridized carbons (Fsp3) is 0.300. The van der Waals surface area contributed by atoms with Gasteiger partial charge in [0.1, 0.15) is 26.3 Å². The third-order valence-electron chi connectivity index (χ3n) is 4.94. The van der Waals surface area contributed by atoms with Gasteiger partial charge in [0.15, 0.2) is 11.6 Å². The number of ether oxygens (including phenoxy) is 2.